The van der Waals surface area contributed by atoms with Crippen molar-refractivity contribution in [2.24, 2.45) is 0 Å². The minimum absolute atomic E-state index is 0.00701. The fraction of sp³-hybridized carbons (Fsp3) is 0.231. The summed E-state index contributed by atoms with van der Waals surface area (Å²) in [6.07, 6.45) is 4.05. The first-order valence-corrected chi connectivity index (χ1v) is 11.5. The predicted octanol–water partition coefficient (Wildman–Crippen LogP) is 5.08. The third kappa shape index (κ3) is 5.61. The van der Waals surface area contributed by atoms with Gasteiger partial charge in [0.1, 0.15) is 17.5 Å². The summed E-state index contributed by atoms with van der Waals surface area (Å²) in [6, 6.07) is 9.00. The molecule has 0 radical (unpaired) electrons. The number of ether oxygens (including phenoxy) is 2. The number of aromatic nitrogens is 4. The van der Waals surface area contributed by atoms with Gasteiger partial charge in [-0.15, -0.1) is 0 Å². The smallest absolute Gasteiger partial charge is 0.433 e. The van der Waals surface area contributed by atoms with E-state index < -0.39 is 17.8 Å². The maximum atomic E-state index is 13.0. The van der Waals surface area contributed by atoms with Crippen LogP contribution in [0.4, 0.5) is 18.9 Å². The summed E-state index contributed by atoms with van der Waals surface area (Å²) in [5.74, 6) is -0.0363. The quantitative estimate of drug-likeness (QED) is 0.390. The number of rotatable bonds is 6. The zero-order valence-corrected chi connectivity index (χ0v) is 19.7. The van der Waals surface area contributed by atoms with E-state index in [9.17, 15) is 18.0 Å². The molecule has 1 amide bonds. The molecular formula is C26H22F3N5O3. The Bertz CT molecular complexity index is 1430. The molecule has 1 saturated heterocycles. The number of amides is 1. The van der Waals surface area contributed by atoms with Crippen LogP contribution in [0.1, 0.15) is 28.0 Å². The Morgan fingerprint density at radius 3 is 2.78 bits per heavy atom. The van der Waals surface area contributed by atoms with Crippen molar-refractivity contribution >= 4 is 11.6 Å². The molecule has 1 N–H and O–H groups in total. The summed E-state index contributed by atoms with van der Waals surface area (Å²) < 4.78 is 51.8. The van der Waals surface area contributed by atoms with Crippen LogP contribution in [0.15, 0.2) is 67.4 Å². The Labute approximate surface area is 210 Å². The van der Waals surface area contributed by atoms with Crippen LogP contribution in [-0.2, 0) is 10.9 Å². The van der Waals surface area contributed by atoms with Crippen molar-refractivity contribution in [3.63, 3.8) is 0 Å². The molecule has 4 heterocycles. The van der Waals surface area contributed by atoms with Crippen LogP contribution < -0.4 is 10.1 Å². The lowest BCUT2D eigenvalue weighted by atomic mass is 10.1. The van der Waals surface area contributed by atoms with Gasteiger partial charge in [-0.2, -0.15) is 18.3 Å². The molecule has 37 heavy (non-hydrogen) atoms. The number of nitrogens with one attached hydrogen (secondary N) is 1. The molecule has 1 atom stereocenters. The summed E-state index contributed by atoms with van der Waals surface area (Å²) >= 11 is 0. The van der Waals surface area contributed by atoms with Crippen molar-refractivity contribution in [2.75, 3.05) is 18.5 Å². The van der Waals surface area contributed by atoms with Gasteiger partial charge in [0.25, 0.3) is 5.91 Å². The van der Waals surface area contributed by atoms with Crippen molar-refractivity contribution in [1.29, 1.82) is 0 Å². The van der Waals surface area contributed by atoms with Gasteiger partial charge in [0.2, 0.25) is 0 Å². The van der Waals surface area contributed by atoms with Gasteiger partial charge in [0.15, 0.2) is 0 Å². The zero-order chi connectivity index (χ0) is 26.0. The maximum absolute atomic E-state index is 13.0. The highest BCUT2D eigenvalue weighted by Crippen LogP contribution is 2.29. The first-order chi connectivity index (χ1) is 17.8. The topological polar surface area (TPSA) is 91.2 Å². The standard InChI is InChI=1S/C26H22F3N5O3/c1-16-2-3-20(33-25(35)17-4-6-31-24(9-17)26(27,28)29)10-23(16)34-14-19(12-32-34)18-8-22(13-30-11-18)37-21-5-7-36-15-21/h2-4,6,8-14,21H,5,7,15H2,1H3,(H,33,35). The third-order valence-corrected chi connectivity index (χ3v) is 5.85. The van der Waals surface area contributed by atoms with Crippen LogP contribution in [0.3, 0.4) is 0 Å². The summed E-state index contributed by atoms with van der Waals surface area (Å²) in [5.41, 5.74) is 2.34. The lowest BCUT2D eigenvalue weighted by Crippen LogP contribution is -2.15. The molecule has 3 aromatic heterocycles. The van der Waals surface area contributed by atoms with E-state index >= 15 is 0 Å². The Kier molecular flexibility index (Phi) is 6.62. The number of anilines is 1. The normalized spacial score (nSPS) is 15.5. The fourth-order valence-electron chi connectivity index (χ4n) is 3.91. The summed E-state index contributed by atoms with van der Waals surface area (Å²) in [5, 5.41) is 7.10. The highest BCUT2D eigenvalue weighted by Gasteiger charge is 2.33. The molecule has 1 fully saturated rings. The second-order valence-corrected chi connectivity index (χ2v) is 8.57. The second-order valence-electron chi connectivity index (χ2n) is 8.57. The molecule has 8 nitrogen and oxygen atoms in total. The van der Waals surface area contributed by atoms with Crippen molar-refractivity contribution in [2.45, 2.75) is 25.6 Å². The average Bonchev–Trinajstić information content (AvgIpc) is 3.58. The molecule has 0 bridgehead atoms. The van der Waals surface area contributed by atoms with E-state index in [2.05, 4.69) is 20.4 Å². The van der Waals surface area contributed by atoms with Gasteiger partial charge in [-0.25, -0.2) is 4.68 Å². The lowest BCUT2D eigenvalue weighted by molar-refractivity contribution is -0.141. The van der Waals surface area contributed by atoms with E-state index in [-0.39, 0.29) is 11.7 Å². The zero-order valence-electron chi connectivity index (χ0n) is 19.7. The third-order valence-electron chi connectivity index (χ3n) is 5.85. The first-order valence-electron chi connectivity index (χ1n) is 11.5. The number of carbonyl (C=O) groups is 1. The first kappa shape index (κ1) is 24.4. The van der Waals surface area contributed by atoms with Crippen molar-refractivity contribution in [1.82, 2.24) is 19.7 Å². The fourth-order valence-corrected chi connectivity index (χ4v) is 3.91. The number of alkyl halides is 3. The van der Waals surface area contributed by atoms with E-state index in [4.69, 9.17) is 9.47 Å². The number of benzene rings is 1. The molecule has 4 aromatic rings. The molecule has 5 rings (SSSR count). The highest BCUT2D eigenvalue weighted by molar-refractivity contribution is 6.04. The number of hydrogen-bond acceptors (Lipinski definition) is 6. The Morgan fingerprint density at radius 1 is 1.14 bits per heavy atom. The minimum atomic E-state index is -4.64. The van der Waals surface area contributed by atoms with Gasteiger partial charge >= 0.3 is 6.18 Å². The number of hydrogen-bond donors (Lipinski definition) is 1. The SMILES string of the molecule is Cc1ccc(NC(=O)c2ccnc(C(F)(F)F)c2)cc1-n1cc(-c2cncc(OC3CCOC3)c2)cn1. The number of pyridine rings is 2. The summed E-state index contributed by atoms with van der Waals surface area (Å²) in [4.78, 5) is 20.2. The molecule has 1 aliphatic rings. The molecular weight excluding hydrogens is 487 g/mol. The molecule has 1 aromatic carbocycles. The van der Waals surface area contributed by atoms with Gasteiger partial charge in [-0.05, 0) is 42.8 Å². The van der Waals surface area contributed by atoms with E-state index in [1.807, 2.05) is 19.2 Å². The molecule has 0 spiro atoms. The molecule has 1 unspecified atom stereocenters. The molecule has 1 aliphatic heterocycles. The Hall–Kier alpha value is -4.25. The van der Waals surface area contributed by atoms with E-state index in [0.717, 1.165) is 35.4 Å². The Morgan fingerprint density at radius 2 is 2.00 bits per heavy atom. The maximum Gasteiger partial charge on any atom is 0.433 e. The van der Waals surface area contributed by atoms with Crippen LogP contribution >= 0.6 is 0 Å². The van der Waals surface area contributed by atoms with Gasteiger partial charge in [0.05, 0.1) is 31.3 Å². The molecule has 0 saturated carbocycles. The molecule has 190 valence electrons. The van der Waals surface area contributed by atoms with Gasteiger partial charge in [-0.3, -0.25) is 14.8 Å². The van der Waals surface area contributed by atoms with Gasteiger partial charge < -0.3 is 14.8 Å². The van der Waals surface area contributed by atoms with Crippen LogP contribution in [-0.4, -0.2) is 45.0 Å². The lowest BCUT2D eigenvalue weighted by Gasteiger charge is -2.12. The van der Waals surface area contributed by atoms with Gasteiger partial charge in [-0.1, -0.05) is 6.07 Å². The molecule has 11 heteroatoms. The van der Waals surface area contributed by atoms with E-state index in [1.54, 1.807) is 41.5 Å². The van der Waals surface area contributed by atoms with Crippen LogP contribution in [0.2, 0.25) is 0 Å². The number of halogens is 3. The average molecular weight is 509 g/mol. The van der Waals surface area contributed by atoms with Crippen LogP contribution in [0, 0.1) is 6.92 Å². The number of aryl methyl sites for hydroxylation is 1. The largest absolute Gasteiger partial charge is 0.486 e. The van der Waals surface area contributed by atoms with Crippen molar-refractivity contribution < 1.29 is 27.4 Å². The van der Waals surface area contributed by atoms with Gasteiger partial charge in [0, 0.05) is 47.4 Å². The van der Waals surface area contributed by atoms with Crippen molar-refractivity contribution in [3.05, 3.63) is 84.2 Å². The summed E-state index contributed by atoms with van der Waals surface area (Å²) in [6.45, 7) is 3.12. The van der Waals surface area contributed by atoms with Crippen LogP contribution in [0.25, 0.3) is 16.8 Å². The number of nitrogens with zero attached hydrogens (tertiary/aromatic N) is 4. The highest BCUT2D eigenvalue weighted by atomic mass is 19.4. The van der Waals surface area contributed by atoms with E-state index in [0.29, 0.717) is 30.3 Å². The summed E-state index contributed by atoms with van der Waals surface area (Å²) in [7, 11) is 0. The van der Waals surface area contributed by atoms with Crippen LogP contribution in [0.5, 0.6) is 5.75 Å². The number of carbonyl (C=O) groups excluding carboxylic acids is 1. The second kappa shape index (κ2) is 10.0. The Balaban J connectivity index is 1.35. The predicted molar refractivity (Wildman–Crippen MR) is 129 cm³/mol. The molecule has 0 aliphatic carbocycles. The monoisotopic (exact) mass is 509 g/mol. The minimum Gasteiger partial charge on any atom is -0.486 e. The van der Waals surface area contributed by atoms with Crippen molar-refractivity contribution in [3.8, 4) is 22.6 Å². The van der Waals surface area contributed by atoms with E-state index in [1.165, 1.54) is 6.07 Å².